The molecule has 0 heterocycles. The van der Waals surface area contributed by atoms with E-state index in [0.29, 0.717) is 19.6 Å². The lowest BCUT2D eigenvalue weighted by atomic mass is 9.84. The van der Waals surface area contributed by atoms with Gasteiger partial charge in [-0.15, -0.1) is 11.8 Å². The van der Waals surface area contributed by atoms with E-state index in [1.807, 2.05) is 37.4 Å². The number of nitrogens with zero attached hydrogens (tertiary/aromatic N) is 2. The van der Waals surface area contributed by atoms with E-state index in [1.165, 1.54) is 21.6 Å². The Labute approximate surface area is 256 Å². The van der Waals surface area contributed by atoms with Crippen LogP contribution in [0.25, 0.3) is 0 Å². The van der Waals surface area contributed by atoms with Crippen LogP contribution >= 0.6 is 11.8 Å². The summed E-state index contributed by atoms with van der Waals surface area (Å²) in [5.74, 6) is 0.142. The highest BCUT2D eigenvalue weighted by atomic mass is 32.2. The number of benzene rings is 3. The average Bonchev–Trinajstić information content (AvgIpc) is 2.97. The lowest BCUT2D eigenvalue weighted by Gasteiger charge is -2.35. The van der Waals surface area contributed by atoms with Crippen molar-refractivity contribution in [1.29, 1.82) is 0 Å². The van der Waals surface area contributed by atoms with Crippen LogP contribution in [0.1, 0.15) is 63.1 Å². The Bertz CT molecular complexity index is 1120. The van der Waals surface area contributed by atoms with Crippen molar-refractivity contribution in [3.05, 3.63) is 108 Å². The number of carbonyl (C=O) groups is 2. The number of amides is 1. The minimum absolute atomic E-state index is 0.0360. The first-order valence-electron chi connectivity index (χ1n) is 14.8. The van der Waals surface area contributed by atoms with E-state index in [9.17, 15) is 14.7 Å². The Morgan fingerprint density at radius 1 is 0.714 bits per heavy atom. The second-order valence-corrected chi connectivity index (χ2v) is 12.9. The molecule has 0 unspecified atom stereocenters. The monoisotopic (exact) mass is 590 g/mol. The zero-order chi connectivity index (χ0) is 30.4. The van der Waals surface area contributed by atoms with Crippen LogP contribution in [0.5, 0.6) is 0 Å². The number of hydrogen-bond donors (Lipinski definition) is 1. The number of carboxylic acid groups (broad SMARTS) is 1. The number of thioether (sulfide) groups is 1. The van der Waals surface area contributed by atoms with Crippen molar-refractivity contribution in [3.8, 4) is 0 Å². The van der Waals surface area contributed by atoms with Gasteiger partial charge in [-0.2, -0.15) is 0 Å². The summed E-state index contributed by atoms with van der Waals surface area (Å²) in [6.07, 6.45) is 3.68. The van der Waals surface area contributed by atoms with Crippen molar-refractivity contribution in [2.75, 3.05) is 39.0 Å². The summed E-state index contributed by atoms with van der Waals surface area (Å²) < 4.78 is 5.10. The third-order valence-corrected chi connectivity index (χ3v) is 8.68. The van der Waals surface area contributed by atoms with E-state index in [-0.39, 0.29) is 11.3 Å². The Balaban J connectivity index is 1.56. The molecule has 0 aliphatic carbocycles. The molecule has 42 heavy (non-hydrogen) atoms. The molecule has 0 aliphatic rings. The van der Waals surface area contributed by atoms with Gasteiger partial charge in [0.25, 0.3) is 0 Å². The van der Waals surface area contributed by atoms with Gasteiger partial charge in [0.05, 0.1) is 11.3 Å². The Kier molecular flexibility index (Phi) is 12.9. The van der Waals surface area contributed by atoms with Gasteiger partial charge in [0.15, 0.2) is 0 Å². The predicted octanol–water partition coefficient (Wildman–Crippen LogP) is 7.53. The Hall–Kier alpha value is -3.29. The van der Waals surface area contributed by atoms with Crippen molar-refractivity contribution < 1.29 is 19.4 Å². The first-order chi connectivity index (χ1) is 20.1. The lowest BCUT2D eigenvalue weighted by molar-refractivity contribution is -0.138. The number of rotatable bonds is 16. The number of hydrogen-bond acceptors (Lipinski definition) is 5. The van der Waals surface area contributed by atoms with E-state index >= 15 is 0 Å². The summed E-state index contributed by atoms with van der Waals surface area (Å²) in [6, 6.07) is 32.3. The summed E-state index contributed by atoms with van der Waals surface area (Å²) in [6.45, 7) is 7.05. The largest absolute Gasteiger partial charge is 0.480 e. The van der Waals surface area contributed by atoms with Crippen molar-refractivity contribution in [2.45, 2.75) is 56.8 Å². The van der Waals surface area contributed by atoms with Gasteiger partial charge in [-0.1, -0.05) is 104 Å². The normalized spacial score (nSPS) is 11.8. The molecule has 0 aliphatic heterocycles. The summed E-state index contributed by atoms with van der Waals surface area (Å²) in [4.78, 5) is 27.1. The quantitative estimate of drug-likeness (QED) is 0.137. The maximum Gasteiger partial charge on any atom is 0.410 e. The minimum atomic E-state index is -0.856. The second-order valence-electron chi connectivity index (χ2n) is 11.6. The van der Waals surface area contributed by atoms with Crippen molar-refractivity contribution in [1.82, 2.24) is 9.80 Å². The van der Waals surface area contributed by atoms with E-state index < -0.39 is 17.7 Å². The second kappa shape index (κ2) is 16.4. The summed E-state index contributed by atoms with van der Waals surface area (Å²) in [5.41, 5.74) is 3.25. The van der Waals surface area contributed by atoms with Gasteiger partial charge in [0.1, 0.15) is 5.60 Å². The fourth-order valence-corrected chi connectivity index (χ4v) is 6.53. The Morgan fingerprint density at radius 3 is 1.64 bits per heavy atom. The summed E-state index contributed by atoms with van der Waals surface area (Å²) in [7, 11) is 1.69. The number of unbranched alkanes of at least 4 members (excludes halogenated alkanes) is 3. The van der Waals surface area contributed by atoms with Gasteiger partial charge < -0.3 is 14.7 Å². The number of carboxylic acids is 1. The molecule has 7 heteroatoms. The minimum Gasteiger partial charge on any atom is -0.480 e. The lowest BCUT2D eigenvalue weighted by Crippen LogP contribution is -2.41. The number of carbonyl (C=O) groups excluding carboxylic acids is 1. The van der Waals surface area contributed by atoms with Gasteiger partial charge in [0, 0.05) is 20.1 Å². The van der Waals surface area contributed by atoms with Gasteiger partial charge in [-0.25, -0.2) is 4.79 Å². The van der Waals surface area contributed by atoms with Gasteiger partial charge in [-0.05, 0) is 62.6 Å². The molecular weight excluding hydrogens is 544 g/mol. The van der Waals surface area contributed by atoms with Gasteiger partial charge in [0.2, 0.25) is 0 Å². The topological polar surface area (TPSA) is 70.1 Å². The first-order valence-corrected chi connectivity index (χ1v) is 15.8. The van der Waals surface area contributed by atoms with Crippen molar-refractivity contribution in [3.63, 3.8) is 0 Å². The zero-order valence-electron chi connectivity index (χ0n) is 25.5. The van der Waals surface area contributed by atoms with E-state index in [0.717, 1.165) is 31.4 Å². The Morgan fingerprint density at radius 2 is 1.19 bits per heavy atom. The van der Waals surface area contributed by atoms with Crippen molar-refractivity contribution in [2.24, 2.45) is 0 Å². The van der Waals surface area contributed by atoms with Gasteiger partial charge >= 0.3 is 12.1 Å². The SMILES string of the molecule is CN(CCN(CCCCCCSC(c1ccccc1)(c1ccccc1)c1ccccc1)CC(=O)O)C(=O)OC(C)(C)C. The van der Waals surface area contributed by atoms with Crippen LogP contribution in [0, 0.1) is 0 Å². The van der Waals surface area contributed by atoms with Crippen LogP contribution in [0.15, 0.2) is 91.0 Å². The summed E-state index contributed by atoms with van der Waals surface area (Å²) in [5, 5.41) is 9.39. The molecule has 0 bridgehead atoms. The van der Waals surface area contributed by atoms with Crippen LogP contribution in [-0.4, -0.2) is 71.5 Å². The molecule has 0 atom stereocenters. The maximum atomic E-state index is 12.3. The molecule has 6 nitrogen and oxygen atoms in total. The van der Waals surface area contributed by atoms with Crippen LogP contribution in [0.4, 0.5) is 4.79 Å². The molecule has 0 aromatic heterocycles. The number of ether oxygens (including phenoxy) is 1. The fourth-order valence-electron chi connectivity index (χ4n) is 4.97. The third kappa shape index (κ3) is 10.2. The molecule has 0 saturated heterocycles. The first kappa shape index (κ1) is 33.2. The number of aliphatic carboxylic acids is 1. The zero-order valence-corrected chi connectivity index (χ0v) is 26.3. The fraction of sp³-hybridized carbons (Fsp3) is 0.429. The summed E-state index contributed by atoms with van der Waals surface area (Å²) >= 11 is 1.98. The predicted molar refractivity (Wildman–Crippen MR) is 173 cm³/mol. The number of likely N-dealkylation sites (N-methyl/N-ethyl adjacent to an activating group) is 1. The molecule has 0 fully saturated rings. The van der Waals surface area contributed by atoms with Crippen LogP contribution < -0.4 is 0 Å². The highest BCUT2D eigenvalue weighted by Gasteiger charge is 2.36. The van der Waals surface area contributed by atoms with Crippen molar-refractivity contribution >= 4 is 23.8 Å². The molecule has 3 aromatic carbocycles. The molecule has 1 N–H and O–H groups in total. The highest BCUT2D eigenvalue weighted by molar-refractivity contribution is 8.00. The van der Waals surface area contributed by atoms with Crippen LogP contribution in [-0.2, 0) is 14.3 Å². The molecule has 3 rings (SSSR count). The molecule has 1 amide bonds. The van der Waals surface area contributed by atoms with E-state index in [2.05, 4.69) is 91.0 Å². The van der Waals surface area contributed by atoms with E-state index in [4.69, 9.17) is 4.74 Å². The van der Waals surface area contributed by atoms with Crippen LogP contribution in [0.3, 0.4) is 0 Å². The maximum absolute atomic E-state index is 12.3. The molecule has 0 radical (unpaired) electrons. The molecule has 3 aromatic rings. The van der Waals surface area contributed by atoms with Gasteiger partial charge in [-0.3, -0.25) is 9.69 Å². The third-order valence-electron chi connectivity index (χ3n) is 7.04. The highest BCUT2D eigenvalue weighted by Crippen LogP contribution is 2.48. The van der Waals surface area contributed by atoms with E-state index in [1.54, 1.807) is 7.05 Å². The molecule has 226 valence electrons. The molecule has 0 saturated carbocycles. The average molecular weight is 591 g/mol. The molecule has 0 spiro atoms. The smallest absolute Gasteiger partial charge is 0.410 e. The molecular formula is C35H46N2O4S. The van der Waals surface area contributed by atoms with Crippen LogP contribution in [0.2, 0.25) is 0 Å². The standard InChI is InChI=1S/C35H46N2O4S/c1-34(2,3)41-33(40)36(4)25-26-37(28-32(38)39)24-16-5-6-17-27-42-35(29-18-10-7-11-19-29,30-20-12-8-13-21-30)31-22-14-9-15-23-31/h7-15,18-23H,5-6,16-17,24-28H2,1-4H3,(H,38,39).